The zero-order valence-corrected chi connectivity index (χ0v) is 8.40. The molecule has 1 heteroatoms. The second kappa shape index (κ2) is 4.35. The molecule has 0 nitrogen and oxygen atoms in total. The van der Waals surface area contributed by atoms with Crippen LogP contribution in [0.3, 0.4) is 0 Å². The van der Waals surface area contributed by atoms with Crippen LogP contribution in [0.4, 0.5) is 0 Å². The van der Waals surface area contributed by atoms with Crippen molar-refractivity contribution < 1.29 is 0 Å². The summed E-state index contributed by atoms with van der Waals surface area (Å²) in [5, 5.41) is 0.485. The Kier molecular flexibility index (Phi) is 3.71. The summed E-state index contributed by atoms with van der Waals surface area (Å²) in [6.07, 6.45) is 6.64. The summed E-state index contributed by atoms with van der Waals surface area (Å²) in [6, 6.07) is 0. The predicted molar refractivity (Wildman–Crippen MR) is 51.1 cm³/mol. The normalized spacial score (nSPS) is 32.7. The van der Waals surface area contributed by atoms with E-state index in [-0.39, 0.29) is 0 Å². The molecule has 0 unspecified atom stereocenters. The predicted octanol–water partition coefficient (Wildman–Crippen LogP) is 3.83. The van der Waals surface area contributed by atoms with Gasteiger partial charge in [0.1, 0.15) is 0 Å². The zero-order valence-electron chi connectivity index (χ0n) is 7.65. The molecule has 0 saturated heterocycles. The van der Waals surface area contributed by atoms with Gasteiger partial charge in [-0.25, -0.2) is 0 Å². The molecule has 11 heavy (non-hydrogen) atoms. The van der Waals surface area contributed by atoms with Crippen molar-refractivity contribution >= 4 is 11.6 Å². The third-order valence-corrected chi connectivity index (χ3v) is 3.02. The zero-order chi connectivity index (χ0) is 8.27. The maximum Gasteiger partial charge on any atom is 0.0336 e. The molecule has 0 bridgehead atoms. The second-order valence-electron chi connectivity index (χ2n) is 4.25. The highest BCUT2D eigenvalue weighted by Crippen LogP contribution is 2.31. The van der Waals surface area contributed by atoms with Gasteiger partial charge in [0.25, 0.3) is 0 Å². The average molecular weight is 175 g/mol. The topological polar surface area (TPSA) is 0 Å². The van der Waals surface area contributed by atoms with Gasteiger partial charge >= 0.3 is 0 Å². The lowest BCUT2D eigenvalue weighted by molar-refractivity contribution is 0.308. The Morgan fingerprint density at radius 3 is 2.18 bits per heavy atom. The van der Waals surface area contributed by atoms with E-state index in [1.54, 1.807) is 0 Å². The summed E-state index contributed by atoms with van der Waals surface area (Å²) < 4.78 is 0. The minimum absolute atomic E-state index is 0.485. The van der Waals surface area contributed by atoms with Gasteiger partial charge in [-0.1, -0.05) is 13.8 Å². The standard InChI is InChI=1S/C10H19Cl/c1-8(2)7-9-3-5-10(11)6-4-9/h8-10H,3-7H2,1-2H3. The fraction of sp³-hybridized carbons (Fsp3) is 1.00. The first kappa shape index (κ1) is 9.38. The van der Waals surface area contributed by atoms with E-state index >= 15 is 0 Å². The van der Waals surface area contributed by atoms with Crippen LogP contribution in [0.15, 0.2) is 0 Å². The molecule has 0 aromatic heterocycles. The SMILES string of the molecule is CC(C)CC1CCC(Cl)CC1. The van der Waals surface area contributed by atoms with Crippen molar-refractivity contribution in [2.45, 2.75) is 51.3 Å². The van der Waals surface area contributed by atoms with Crippen LogP contribution in [0.1, 0.15) is 46.0 Å². The first-order chi connectivity index (χ1) is 5.18. The van der Waals surface area contributed by atoms with Crippen LogP contribution in [-0.4, -0.2) is 5.38 Å². The summed E-state index contributed by atoms with van der Waals surface area (Å²) in [5.41, 5.74) is 0. The van der Waals surface area contributed by atoms with E-state index in [1.165, 1.54) is 32.1 Å². The van der Waals surface area contributed by atoms with Crippen molar-refractivity contribution in [1.82, 2.24) is 0 Å². The number of rotatable bonds is 2. The van der Waals surface area contributed by atoms with Gasteiger partial charge in [-0.05, 0) is 43.9 Å². The van der Waals surface area contributed by atoms with E-state index in [2.05, 4.69) is 13.8 Å². The smallest absolute Gasteiger partial charge is 0.0336 e. The molecule has 1 rings (SSSR count). The van der Waals surface area contributed by atoms with Crippen molar-refractivity contribution in [3.8, 4) is 0 Å². The third kappa shape index (κ3) is 3.46. The van der Waals surface area contributed by atoms with Crippen LogP contribution in [-0.2, 0) is 0 Å². The fourth-order valence-electron chi connectivity index (χ4n) is 2.02. The van der Waals surface area contributed by atoms with Gasteiger partial charge in [0.2, 0.25) is 0 Å². The molecule has 0 amide bonds. The maximum absolute atomic E-state index is 6.02. The molecule has 1 fully saturated rings. The molecule has 1 aliphatic rings. The largest absolute Gasteiger partial charge is 0.123 e. The lowest BCUT2D eigenvalue weighted by atomic mass is 9.83. The number of alkyl halides is 1. The Morgan fingerprint density at radius 1 is 1.18 bits per heavy atom. The van der Waals surface area contributed by atoms with Crippen LogP contribution in [0.5, 0.6) is 0 Å². The summed E-state index contributed by atoms with van der Waals surface area (Å²) >= 11 is 6.02. The summed E-state index contributed by atoms with van der Waals surface area (Å²) in [6.45, 7) is 4.62. The summed E-state index contributed by atoms with van der Waals surface area (Å²) in [7, 11) is 0. The van der Waals surface area contributed by atoms with Gasteiger partial charge in [0.05, 0.1) is 0 Å². The van der Waals surface area contributed by atoms with Crippen molar-refractivity contribution in [3.63, 3.8) is 0 Å². The highest BCUT2D eigenvalue weighted by Gasteiger charge is 2.19. The average Bonchev–Trinajstić information content (AvgIpc) is 1.93. The van der Waals surface area contributed by atoms with Gasteiger partial charge in [-0.2, -0.15) is 0 Å². The maximum atomic E-state index is 6.02. The number of hydrogen-bond acceptors (Lipinski definition) is 0. The van der Waals surface area contributed by atoms with E-state index in [0.717, 1.165) is 11.8 Å². The lowest BCUT2D eigenvalue weighted by Gasteiger charge is -2.26. The van der Waals surface area contributed by atoms with Crippen LogP contribution in [0.2, 0.25) is 0 Å². The first-order valence-electron chi connectivity index (χ1n) is 4.82. The molecule has 66 valence electrons. The highest BCUT2D eigenvalue weighted by atomic mass is 35.5. The summed E-state index contributed by atoms with van der Waals surface area (Å²) in [5.74, 6) is 1.84. The molecule has 0 spiro atoms. The van der Waals surface area contributed by atoms with E-state index in [1.807, 2.05) is 0 Å². The van der Waals surface area contributed by atoms with E-state index < -0.39 is 0 Å². The first-order valence-corrected chi connectivity index (χ1v) is 5.26. The van der Waals surface area contributed by atoms with Crippen LogP contribution in [0, 0.1) is 11.8 Å². The molecule has 1 saturated carbocycles. The molecule has 0 aromatic rings. The van der Waals surface area contributed by atoms with Gasteiger partial charge in [0, 0.05) is 5.38 Å². The molecule has 0 N–H and O–H groups in total. The fourth-order valence-corrected chi connectivity index (χ4v) is 2.28. The molecular formula is C10H19Cl. The van der Waals surface area contributed by atoms with E-state index in [9.17, 15) is 0 Å². The van der Waals surface area contributed by atoms with E-state index in [0.29, 0.717) is 5.38 Å². The molecule has 0 heterocycles. The molecule has 0 radical (unpaired) electrons. The summed E-state index contributed by atoms with van der Waals surface area (Å²) in [4.78, 5) is 0. The Bertz CT molecular complexity index is 101. The lowest BCUT2D eigenvalue weighted by Crippen LogP contribution is -2.15. The van der Waals surface area contributed by atoms with Gasteiger partial charge in [-0.3, -0.25) is 0 Å². The minimum Gasteiger partial charge on any atom is -0.123 e. The van der Waals surface area contributed by atoms with Crippen LogP contribution < -0.4 is 0 Å². The van der Waals surface area contributed by atoms with Crippen molar-refractivity contribution in [3.05, 3.63) is 0 Å². The van der Waals surface area contributed by atoms with Crippen LogP contribution in [0.25, 0.3) is 0 Å². The highest BCUT2D eigenvalue weighted by molar-refractivity contribution is 6.20. The van der Waals surface area contributed by atoms with Crippen LogP contribution >= 0.6 is 11.6 Å². The van der Waals surface area contributed by atoms with E-state index in [4.69, 9.17) is 11.6 Å². The molecule has 0 atom stereocenters. The van der Waals surface area contributed by atoms with Gasteiger partial charge < -0.3 is 0 Å². The van der Waals surface area contributed by atoms with Crippen molar-refractivity contribution in [2.24, 2.45) is 11.8 Å². The minimum atomic E-state index is 0.485. The number of halogens is 1. The quantitative estimate of drug-likeness (QED) is 0.559. The Balaban J connectivity index is 2.17. The Hall–Kier alpha value is 0.290. The Morgan fingerprint density at radius 2 is 1.73 bits per heavy atom. The monoisotopic (exact) mass is 174 g/mol. The van der Waals surface area contributed by atoms with Gasteiger partial charge in [-0.15, -0.1) is 11.6 Å². The molecule has 0 aliphatic heterocycles. The van der Waals surface area contributed by atoms with Gasteiger partial charge in [0.15, 0.2) is 0 Å². The van der Waals surface area contributed by atoms with Crippen molar-refractivity contribution in [1.29, 1.82) is 0 Å². The van der Waals surface area contributed by atoms with Crippen molar-refractivity contribution in [2.75, 3.05) is 0 Å². The molecular weight excluding hydrogens is 156 g/mol. The second-order valence-corrected chi connectivity index (χ2v) is 4.86. The number of hydrogen-bond donors (Lipinski definition) is 0. The Labute approximate surface area is 75.3 Å². The third-order valence-electron chi connectivity index (χ3n) is 2.58. The molecule has 1 aliphatic carbocycles. The molecule has 0 aromatic carbocycles.